The van der Waals surface area contributed by atoms with E-state index in [-0.39, 0.29) is 0 Å². The molecular formula is C26H38. The van der Waals surface area contributed by atoms with Crippen LogP contribution in [0.5, 0.6) is 0 Å². The highest BCUT2D eigenvalue weighted by Crippen LogP contribution is 2.38. The van der Waals surface area contributed by atoms with Gasteiger partial charge in [-0.1, -0.05) is 76.9 Å². The molecule has 0 heteroatoms. The van der Waals surface area contributed by atoms with Crippen molar-refractivity contribution in [2.24, 2.45) is 0 Å². The van der Waals surface area contributed by atoms with Gasteiger partial charge in [0.2, 0.25) is 0 Å². The van der Waals surface area contributed by atoms with Crippen LogP contribution in [0.1, 0.15) is 98.6 Å². The molecule has 0 spiro atoms. The standard InChI is InChI=1S/C13H18.C13H20/c1-3-11-8-7-10(2)13(9-11)12-5-4-6-12;1-5-6-13-9-12(10(2)3)8-7-11(13)4/h7-9,12H,3-6H2,1-2H3;7-10H,5-6H2,1-4H3. The number of rotatable bonds is 5. The van der Waals surface area contributed by atoms with Crippen LogP contribution in [0.3, 0.4) is 0 Å². The monoisotopic (exact) mass is 350 g/mol. The molecule has 0 saturated heterocycles. The van der Waals surface area contributed by atoms with E-state index in [1.165, 1.54) is 66.3 Å². The minimum atomic E-state index is 0.649. The lowest BCUT2D eigenvalue weighted by molar-refractivity contribution is 0.418. The van der Waals surface area contributed by atoms with E-state index in [9.17, 15) is 0 Å². The van der Waals surface area contributed by atoms with Gasteiger partial charge in [0.25, 0.3) is 0 Å². The predicted octanol–water partition coefficient (Wildman–Crippen LogP) is 7.90. The minimum Gasteiger partial charge on any atom is -0.0651 e. The van der Waals surface area contributed by atoms with Gasteiger partial charge in [-0.05, 0) is 84.7 Å². The van der Waals surface area contributed by atoms with Crippen molar-refractivity contribution in [1.29, 1.82) is 0 Å². The number of hydrogen-bond donors (Lipinski definition) is 0. The third-order valence-corrected chi connectivity index (χ3v) is 5.86. The molecule has 1 saturated carbocycles. The Labute approximate surface area is 162 Å². The highest BCUT2D eigenvalue weighted by molar-refractivity contribution is 5.35. The van der Waals surface area contributed by atoms with Crippen molar-refractivity contribution in [1.82, 2.24) is 0 Å². The van der Waals surface area contributed by atoms with Crippen molar-refractivity contribution in [2.45, 2.75) is 91.9 Å². The van der Waals surface area contributed by atoms with Gasteiger partial charge in [-0.3, -0.25) is 0 Å². The van der Waals surface area contributed by atoms with Gasteiger partial charge in [0.15, 0.2) is 0 Å². The summed E-state index contributed by atoms with van der Waals surface area (Å²) in [5, 5.41) is 0. The predicted molar refractivity (Wildman–Crippen MR) is 116 cm³/mol. The quantitative estimate of drug-likeness (QED) is 0.514. The van der Waals surface area contributed by atoms with Gasteiger partial charge in [0.05, 0.1) is 0 Å². The summed E-state index contributed by atoms with van der Waals surface area (Å²) >= 11 is 0. The smallest absolute Gasteiger partial charge is 0.0159 e. The summed E-state index contributed by atoms with van der Waals surface area (Å²) in [6.45, 7) is 13.4. The first-order valence-electron chi connectivity index (χ1n) is 10.6. The van der Waals surface area contributed by atoms with Gasteiger partial charge in [0.1, 0.15) is 0 Å². The Morgan fingerprint density at radius 2 is 1.62 bits per heavy atom. The van der Waals surface area contributed by atoms with Crippen LogP contribution in [0, 0.1) is 13.8 Å². The second-order valence-electron chi connectivity index (χ2n) is 8.26. The molecule has 2 aromatic carbocycles. The summed E-state index contributed by atoms with van der Waals surface area (Å²) in [6, 6.07) is 13.8. The van der Waals surface area contributed by atoms with Crippen LogP contribution in [0.2, 0.25) is 0 Å². The molecule has 0 aliphatic heterocycles. The maximum atomic E-state index is 2.42. The fourth-order valence-corrected chi connectivity index (χ4v) is 3.66. The molecule has 0 heterocycles. The van der Waals surface area contributed by atoms with E-state index in [0.717, 1.165) is 5.92 Å². The number of benzene rings is 2. The average Bonchev–Trinajstić information content (AvgIpc) is 2.58. The molecule has 0 nitrogen and oxygen atoms in total. The topological polar surface area (TPSA) is 0 Å². The Balaban J connectivity index is 0.000000187. The normalized spacial score (nSPS) is 14.0. The molecule has 1 aliphatic rings. The lowest BCUT2D eigenvalue weighted by Crippen LogP contribution is -2.10. The van der Waals surface area contributed by atoms with Crippen LogP contribution in [0.25, 0.3) is 0 Å². The molecule has 2 aromatic rings. The minimum absolute atomic E-state index is 0.649. The molecule has 0 unspecified atom stereocenters. The summed E-state index contributed by atoms with van der Waals surface area (Å²) < 4.78 is 0. The van der Waals surface area contributed by atoms with Crippen molar-refractivity contribution < 1.29 is 0 Å². The zero-order valence-electron chi connectivity index (χ0n) is 17.9. The molecule has 0 bridgehead atoms. The highest BCUT2D eigenvalue weighted by Gasteiger charge is 2.20. The van der Waals surface area contributed by atoms with Crippen LogP contribution < -0.4 is 0 Å². The summed E-state index contributed by atoms with van der Waals surface area (Å²) in [5.41, 5.74) is 9.02. The largest absolute Gasteiger partial charge is 0.0651 e. The second-order valence-corrected chi connectivity index (χ2v) is 8.26. The van der Waals surface area contributed by atoms with E-state index in [1.807, 2.05) is 0 Å². The van der Waals surface area contributed by atoms with Crippen LogP contribution in [0.4, 0.5) is 0 Å². The van der Waals surface area contributed by atoms with Crippen molar-refractivity contribution in [3.63, 3.8) is 0 Å². The zero-order valence-corrected chi connectivity index (χ0v) is 17.9. The molecule has 0 amide bonds. The SMILES string of the molecule is CCCc1cc(C(C)C)ccc1C.CCc1ccc(C)c(C2CCC2)c1. The maximum absolute atomic E-state index is 2.42. The molecule has 0 N–H and O–H groups in total. The Hall–Kier alpha value is -1.56. The summed E-state index contributed by atoms with van der Waals surface area (Å²) in [6.07, 6.45) is 7.87. The lowest BCUT2D eigenvalue weighted by atomic mass is 9.78. The van der Waals surface area contributed by atoms with Gasteiger partial charge in [-0.2, -0.15) is 0 Å². The molecule has 1 fully saturated rings. The van der Waals surface area contributed by atoms with Crippen molar-refractivity contribution in [2.75, 3.05) is 0 Å². The number of hydrogen-bond acceptors (Lipinski definition) is 0. The van der Waals surface area contributed by atoms with Crippen LogP contribution >= 0.6 is 0 Å². The van der Waals surface area contributed by atoms with Crippen molar-refractivity contribution in [3.05, 3.63) is 69.8 Å². The molecule has 1 aliphatic carbocycles. The van der Waals surface area contributed by atoms with Crippen LogP contribution in [-0.4, -0.2) is 0 Å². The van der Waals surface area contributed by atoms with E-state index >= 15 is 0 Å². The molecule has 0 atom stereocenters. The molecule has 0 aromatic heterocycles. The zero-order chi connectivity index (χ0) is 19.1. The first kappa shape index (κ1) is 20.7. The van der Waals surface area contributed by atoms with E-state index in [0.29, 0.717) is 5.92 Å². The van der Waals surface area contributed by atoms with E-state index in [4.69, 9.17) is 0 Å². The Morgan fingerprint density at radius 1 is 0.923 bits per heavy atom. The van der Waals surface area contributed by atoms with E-state index in [2.05, 4.69) is 77.9 Å². The van der Waals surface area contributed by atoms with Crippen LogP contribution in [-0.2, 0) is 12.8 Å². The van der Waals surface area contributed by atoms with E-state index in [1.54, 1.807) is 5.56 Å². The van der Waals surface area contributed by atoms with Gasteiger partial charge in [-0.15, -0.1) is 0 Å². The summed E-state index contributed by atoms with van der Waals surface area (Å²) in [7, 11) is 0. The molecule has 3 rings (SSSR count). The first-order valence-corrected chi connectivity index (χ1v) is 10.6. The lowest BCUT2D eigenvalue weighted by Gasteiger charge is -2.27. The van der Waals surface area contributed by atoms with Gasteiger partial charge < -0.3 is 0 Å². The third kappa shape index (κ3) is 5.47. The maximum Gasteiger partial charge on any atom is -0.0159 e. The summed E-state index contributed by atoms with van der Waals surface area (Å²) in [5.74, 6) is 1.53. The average molecular weight is 351 g/mol. The molecule has 142 valence electrons. The molecular weight excluding hydrogens is 312 g/mol. The van der Waals surface area contributed by atoms with Crippen molar-refractivity contribution >= 4 is 0 Å². The number of aryl methyl sites for hydroxylation is 4. The van der Waals surface area contributed by atoms with Crippen LogP contribution in [0.15, 0.2) is 36.4 Å². The van der Waals surface area contributed by atoms with E-state index < -0.39 is 0 Å². The Morgan fingerprint density at radius 3 is 2.15 bits per heavy atom. The molecule has 26 heavy (non-hydrogen) atoms. The Kier molecular flexibility index (Phi) is 7.94. The fourth-order valence-electron chi connectivity index (χ4n) is 3.66. The Bertz CT molecular complexity index is 689. The summed E-state index contributed by atoms with van der Waals surface area (Å²) in [4.78, 5) is 0. The second kappa shape index (κ2) is 9.95. The first-order chi connectivity index (χ1) is 12.5. The molecule has 0 radical (unpaired) electrons. The third-order valence-electron chi connectivity index (χ3n) is 5.86. The van der Waals surface area contributed by atoms with Crippen molar-refractivity contribution in [3.8, 4) is 0 Å². The van der Waals surface area contributed by atoms with Gasteiger partial charge in [0, 0.05) is 0 Å². The fraction of sp³-hybridized carbons (Fsp3) is 0.538. The van der Waals surface area contributed by atoms with Gasteiger partial charge >= 0.3 is 0 Å². The highest BCUT2D eigenvalue weighted by atomic mass is 14.3. The van der Waals surface area contributed by atoms with Gasteiger partial charge in [-0.25, -0.2) is 0 Å².